The van der Waals surface area contributed by atoms with Gasteiger partial charge >= 0.3 is 0 Å². The Morgan fingerprint density at radius 3 is 1.58 bits per heavy atom. The van der Waals surface area contributed by atoms with Gasteiger partial charge in [0.15, 0.2) is 0 Å². The minimum Gasteiger partial charge on any atom is -0.342 e. The summed E-state index contributed by atoms with van der Waals surface area (Å²) in [5.41, 5.74) is 0. The molecule has 12 heavy (non-hydrogen) atoms. The molecule has 0 N–H and O–H groups in total. The Balaban J connectivity index is 1.58. The molecule has 2 fully saturated rings. The van der Waals surface area contributed by atoms with Gasteiger partial charge in [-0.3, -0.25) is 0 Å². The van der Waals surface area contributed by atoms with Gasteiger partial charge in [0.25, 0.3) is 0 Å². The zero-order chi connectivity index (χ0) is 8.39. The molecule has 0 bridgehead atoms. The summed E-state index contributed by atoms with van der Waals surface area (Å²) in [5, 5.41) is 0. The van der Waals surface area contributed by atoms with E-state index in [4.69, 9.17) is 9.47 Å². The van der Waals surface area contributed by atoms with Crippen LogP contribution in [0.15, 0.2) is 0 Å². The topological polar surface area (TPSA) is 18.5 Å². The van der Waals surface area contributed by atoms with Gasteiger partial charge in [-0.2, -0.15) is 0 Å². The quantitative estimate of drug-likeness (QED) is 0.644. The maximum atomic E-state index is 5.59. The highest BCUT2D eigenvalue weighted by Gasteiger charge is 2.25. The predicted octanol–water partition coefficient (Wildman–Crippen LogP) is 2.63. The highest BCUT2D eigenvalue weighted by Crippen LogP contribution is 2.29. The highest BCUT2D eigenvalue weighted by atomic mass is 16.7. The summed E-state index contributed by atoms with van der Waals surface area (Å²) in [4.78, 5) is 0. The molecule has 2 aliphatic carbocycles. The average molecular weight is 169 g/mol. The minimum atomic E-state index is 0.463. The van der Waals surface area contributed by atoms with Crippen LogP contribution in [0.1, 0.15) is 45.4 Å². The van der Waals surface area contributed by atoms with E-state index >= 15 is 0 Å². The molecule has 0 spiro atoms. The van der Waals surface area contributed by atoms with E-state index in [1.165, 1.54) is 38.5 Å². The van der Waals surface area contributed by atoms with E-state index in [0.717, 1.165) is 6.29 Å². The van der Waals surface area contributed by atoms with Crippen LogP contribution in [-0.2, 0) is 9.47 Å². The summed E-state index contributed by atoms with van der Waals surface area (Å²) in [7, 11) is 0. The number of hydrogen-bond acceptors (Lipinski definition) is 2. The van der Waals surface area contributed by atoms with Crippen molar-refractivity contribution >= 4 is 0 Å². The van der Waals surface area contributed by atoms with Gasteiger partial charge in [-0.25, -0.2) is 0 Å². The molecule has 2 aliphatic rings. The van der Waals surface area contributed by atoms with E-state index < -0.39 is 0 Å². The van der Waals surface area contributed by atoms with Gasteiger partial charge in [0, 0.05) is 0 Å². The lowest BCUT2D eigenvalue weighted by atomic mass is 9.96. The molecule has 0 heterocycles. The molecule has 0 atom stereocenters. The molecule has 2 rings (SSSR count). The number of ether oxygens (including phenoxy) is 2. The van der Waals surface area contributed by atoms with E-state index in [9.17, 15) is 0 Å². The predicted molar refractivity (Wildman–Crippen MR) is 46.4 cm³/mol. The summed E-state index contributed by atoms with van der Waals surface area (Å²) < 4.78 is 11.2. The molecule has 2 saturated carbocycles. The summed E-state index contributed by atoms with van der Waals surface area (Å²) in [6.45, 7) is 1.94. The van der Waals surface area contributed by atoms with Gasteiger partial charge in [-0.1, -0.05) is 0 Å². The number of hydrogen-bond donors (Lipinski definition) is 0. The molecule has 0 aromatic rings. The van der Waals surface area contributed by atoms with Crippen molar-refractivity contribution in [1.82, 2.24) is 0 Å². The van der Waals surface area contributed by atoms with Gasteiger partial charge < -0.3 is 9.47 Å². The smallest absolute Gasteiger partial charge is 0.221 e. The molecule has 2 nitrogen and oxygen atoms in total. The van der Waals surface area contributed by atoms with Crippen molar-refractivity contribution in [2.45, 2.75) is 57.7 Å². The van der Waals surface area contributed by atoms with E-state index in [1.807, 2.05) is 6.92 Å². The van der Waals surface area contributed by atoms with Crippen molar-refractivity contribution in [3.8, 4) is 0 Å². The van der Waals surface area contributed by atoms with Gasteiger partial charge in [-0.15, -0.1) is 0 Å². The fourth-order valence-electron chi connectivity index (χ4n) is 1.47. The molecule has 0 saturated heterocycles. The summed E-state index contributed by atoms with van der Waals surface area (Å²) in [6, 6.07) is 0. The lowest BCUT2D eigenvalue weighted by Crippen LogP contribution is -2.28. The maximum Gasteiger partial charge on any atom is 0.221 e. The number of rotatable bonds is 4. The highest BCUT2D eigenvalue weighted by molar-refractivity contribution is 4.76. The SMILES string of the molecule is C[C](OC1CCC1)OC1CCC1. The third-order valence-corrected chi connectivity index (χ3v) is 2.77. The molecule has 2 heteroatoms. The van der Waals surface area contributed by atoms with Crippen LogP contribution in [0, 0.1) is 6.29 Å². The Labute approximate surface area is 74.2 Å². The van der Waals surface area contributed by atoms with E-state index in [2.05, 4.69) is 0 Å². The van der Waals surface area contributed by atoms with Gasteiger partial charge in [0.05, 0.1) is 12.2 Å². The Morgan fingerprint density at radius 2 is 1.33 bits per heavy atom. The molecule has 0 amide bonds. The van der Waals surface area contributed by atoms with E-state index in [1.54, 1.807) is 0 Å². The van der Waals surface area contributed by atoms with Crippen LogP contribution in [0.5, 0.6) is 0 Å². The van der Waals surface area contributed by atoms with Crippen LogP contribution >= 0.6 is 0 Å². The first kappa shape index (κ1) is 8.52. The first-order valence-electron chi connectivity index (χ1n) is 5.01. The molecular weight excluding hydrogens is 152 g/mol. The second-order valence-corrected chi connectivity index (χ2v) is 3.83. The third kappa shape index (κ3) is 1.99. The lowest BCUT2D eigenvalue weighted by Gasteiger charge is -2.32. The van der Waals surface area contributed by atoms with Gasteiger partial charge in [-0.05, 0) is 45.4 Å². The summed E-state index contributed by atoms with van der Waals surface area (Å²) >= 11 is 0. The van der Waals surface area contributed by atoms with Crippen molar-refractivity contribution < 1.29 is 9.47 Å². The largest absolute Gasteiger partial charge is 0.342 e. The Bertz CT molecular complexity index is 123. The van der Waals surface area contributed by atoms with Crippen LogP contribution in [-0.4, -0.2) is 12.2 Å². The van der Waals surface area contributed by atoms with Crippen LogP contribution in [0.2, 0.25) is 0 Å². The second-order valence-electron chi connectivity index (χ2n) is 3.83. The first-order chi connectivity index (χ1) is 5.84. The first-order valence-corrected chi connectivity index (χ1v) is 5.01. The van der Waals surface area contributed by atoms with Crippen LogP contribution in [0.4, 0.5) is 0 Å². The summed E-state index contributed by atoms with van der Waals surface area (Å²) in [6.07, 6.45) is 9.22. The maximum absolute atomic E-state index is 5.59. The molecule has 0 aliphatic heterocycles. The van der Waals surface area contributed by atoms with Crippen molar-refractivity contribution in [1.29, 1.82) is 0 Å². The van der Waals surface area contributed by atoms with Crippen molar-refractivity contribution in [3.63, 3.8) is 0 Å². The van der Waals surface area contributed by atoms with Crippen LogP contribution < -0.4 is 0 Å². The monoisotopic (exact) mass is 169 g/mol. The molecule has 0 aromatic heterocycles. The van der Waals surface area contributed by atoms with E-state index in [-0.39, 0.29) is 0 Å². The van der Waals surface area contributed by atoms with Gasteiger partial charge in [0.1, 0.15) is 0 Å². The zero-order valence-corrected chi connectivity index (χ0v) is 7.71. The molecule has 69 valence electrons. The Hall–Kier alpha value is -0.0800. The normalized spacial score (nSPS) is 25.5. The lowest BCUT2D eigenvalue weighted by molar-refractivity contribution is -0.135. The Kier molecular flexibility index (Phi) is 2.66. The van der Waals surface area contributed by atoms with Gasteiger partial charge in [0.2, 0.25) is 6.29 Å². The van der Waals surface area contributed by atoms with E-state index in [0.29, 0.717) is 12.2 Å². The molecule has 0 unspecified atom stereocenters. The fraction of sp³-hybridized carbons (Fsp3) is 0.900. The zero-order valence-electron chi connectivity index (χ0n) is 7.71. The summed E-state index contributed by atoms with van der Waals surface area (Å²) in [5.74, 6) is 0. The van der Waals surface area contributed by atoms with Crippen molar-refractivity contribution in [2.24, 2.45) is 0 Å². The third-order valence-electron chi connectivity index (χ3n) is 2.77. The van der Waals surface area contributed by atoms with Crippen molar-refractivity contribution in [3.05, 3.63) is 6.29 Å². The molecule has 0 aromatic carbocycles. The fourth-order valence-corrected chi connectivity index (χ4v) is 1.47. The van der Waals surface area contributed by atoms with Crippen LogP contribution in [0.3, 0.4) is 0 Å². The molecular formula is C10H17O2. The molecule has 1 radical (unpaired) electrons. The Morgan fingerprint density at radius 1 is 0.917 bits per heavy atom. The second kappa shape index (κ2) is 3.75. The standard InChI is InChI=1S/C10H17O2/c1-8(11-9-4-2-5-9)12-10-6-3-7-10/h9-10H,2-7H2,1H3. The van der Waals surface area contributed by atoms with Crippen molar-refractivity contribution in [2.75, 3.05) is 0 Å². The average Bonchev–Trinajstić information content (AvgIpc) is 1.89. The van der Waals surface area contributed by atoms with Crippen LogP contribution in [0.25, 0.3) is 0 Å². The minimum absolute atomic E-state index is 0.463.